The number of hydrogen-bond donors (Lipinski definition) is 2. The van der Waals surface area contributed by atoms with E-state index in [0.717, 1.165) is 51.9 Å². The lowest BCUT2D eigenvalue weighted by Gasteiger charge is -2.34. The zero-order valence-electron chi connectivity index (χ0n) is 15.1. The molecule has 0 spiro atoms. The number of nitrogens with one attached hydrogen (secondary N) is 2. The van der Waals surface area contributed by atoms with Gasteiger partial charge in [0, 0.05) is 57.0 Å². The van der Waals surface area contributed by atoms with Gasteiger partial charge in [0.1, 0.15) is 0 Å². The maximum Gasteiger partial charge on any atom is 0.191 e. The van der Waals surface area contributed by atoms with Crippen LogP contribution < -0.4 is 10.6 Å². The molecule has 0 radical (unpaired) electrons. The lowest BCUT2D eigenvalue weighted by atomic mass is 10.2. The highest BCUT2D eigenvalue weighted by atomic mass is 127. The standard InChI is InChI=1S/C18H27N5OS.HI/c1-19-18(20-6-9-22-7-2-3-8-22)21-15-16(17-5-4-14-25-17)23-10-12-24-13-11-23;/h2-5,7-8,14,16H,6,9-13,15H2,1H3,(H2,19,20,21);1H. The van der Waals surface area contributed by atoms with Crippen molar-refractivity contribution in [1.29, 1.82) is 0 Å². The summed E-state index contributed by atoms with van der Waals surface area (Å²) in [5.41, 5.74) is 0. The molecule has 1 saturated heterocycles. The van der Waals surface area contributed by atoms with E-state index in [1.54, 1.807) is 0 Å². The smallest absolute Gasteiger partial charge is 0.191 e. The minimum Gasteiger partial charge on any atom is -0.379 e. The number of ether oxygens (including phenoxy) is 1. The Bertz CT molecular complexity index is 626. The molecule has 0 amide bonds. The summed E-state index contributed by atoms with van der Waals surface area (Å²) in [5, 5.41) is 9.02. The highest BCUT2D eigenvalue weighted by Crippen LogP contribution is 2.25. The number of nitrogens with zero attached hydrogens (tertiary/aromatic N) is 3. The fraction of sp³-hybridized carbons (Fsp3) is 0.500. The zero-order valence-corrected chi connectivity index (χ0v) is 18.3. The van der Waals surface area contributed by atoms with E-state index in [1.165, 1.54) is 4.88 Å². The Hall–Kier alpha value is -1.10. The van der Waals surface area contributed by atoms with E-state index in [-0.39, 0.29) is 24.0 Å². The normalized spacial score (nSPS) is 16.7. The summed E-state index contributed by atoms with van der Waals surface area (Å²) in [6, 6.07) is 8.78. The van der Waals surface area contributed by atoms with Crippen LogP contribution in [0.1, 0.15) is 10.9 Å². The van der Waals surface area contributed by atoms with Crippen LogP contribution in [0.25, 0.3) is 0 Å². The Morgan fingerprint density at radius 3 is 2.65 bits per heavy atom. The third-order valence-corrected chi connectivity index (χ3v) is 5.35. The monoisotopic (exact) mass is 489 g/mol. The van der Waals surface area contributed by atoms with Gasteiger partial charge >= 0.3 is 0 Å². The summed E-state index contributed by atoms with van der Waals surface area (Å²) in [6.07, 6.45) is 4.15. The van der Waals surface area contributed by atoms with Gasteiger partial charge in [-0.2, -0.15) is 0 Å². The van der Waals surface area contributed by atoms with Gasteiger partial charge in [-0.1, -0.05) is 6.07 Å². The zero-order chi connectivity index (χ0) is 17.3. The SMILES string of the molecule is CN=C(NCCn1cccc1)NCC(c1cccs1)N1CCOCC1.I. The van der Waals surface area contributed by atoms with Gasteiger partial charge in [0.15, 0.2) is 5.96 Å². The first-order valence-electron chi connectivity index (χ1n) is 8.77. The highest BCUT2D eigenvalue weighted by molar-refractivity contribution is 14.0. The van der Waals surface area contributed by atoms with Gasteiger partial charge in [0.2, 0.25) is 0 Å². The molecule has 2 aromatic heterocycles. The topological polar surface area (TPSA) is 53.8 Å². The van der Waals surface area contributed by atoms with E-state index in [0.29, 0.717) is 6.04 Å². The molecule has 2 N–H and O–H groups in total. The van der Waals surface area contributed by atoms with Crippen molar-refractivity contribution in [3.63, 3.8) is 0 Å². The molecule has 1 unspecified atom stereocenters. The molecule has 0 aliphatic carbocycles. The first-order chi connectivity index (χ1) is 12.4. The minimum atomic E-state index is 0. The second-order valence-corrected chi connectivity index (χ2v) is 6.96. The van der Waals surface area contributed by atoms with Crippen molar-refractivity contribution in [1.82, 2.24) is 20.1 Å². The van der Waals surface area contributed by atoms with Gasteiger partial charge in [-0.05, 0) is 23.6 Å². The maximum atomic E-state index is 5.51. The van der Waals surface area contributed by atoms with Crippen LogP contribution in [0.2, 0.25) is 0 Å². The molecule has 1 atom stereocenters. The lowest BCUT2D eigenvalue weighted by molar-refractivity contribution is 0.0177. The lowest BCUT2D eigenvalue weighted by Crippen LogP contribution is -2.46. The second kappa shape index (κ2) is 11.6. The molecule has 144 valence electrons. The predicted molar refractivity (Wildman–Crippen MR) is 119 cm³/mol. The van der Waals surface area contributed by atoms with Gasteiger partial charge in [-0.3, -0.25) is 9.89 Å². The third-order valence-electron chi connectivity index (χ3n) is 4.37. The number of halogens is 1. The van der Waals surface area contributed by atoms with Crippen molar-refractivity contribution < 1.29 is 4.74 Å². The summed E-state index contributed by atoms with van der Waals surface area (Å²) in [7, 11) is 1.82. The molecule has 1 fully saturated rings. The number of aromatic nitrogens is 1. The van der Waals surface area contributed by atoms with Crippen LogP contribution in [-0.4, -0.2) is 61.9 Å². The van der Waals surface area contributed by atoms with Crippen LogP contribution in [0, 0.1) is 0 Å². The van der Waals surface area contributed by atoms with Crippen molar-refractivity contribution in [2.45, 2.75) is 12.6 Å². The summed E-state index contributed by atoms with van der Waals surface area (Å²) in [4.78, 5) is 8.23. The number of hydrogen-bond acceptors (Lipinski definition) is 4. The molecule has 26 heavy (non-hydrogen) atoms. The van der Waals surface area contributed by atoms with E-state index in [4.69, 9.17) is 4.74 Å². The van der Waals surface area contributed by atoms with Crippen LogP contribution in [0.3, 0.4) is 0 Å². The fourth-order valence-corrected chi connectivity index (χ4v) is 3.88. The van der Waals surface area contributed by atoms with Crippen LogP contribution in [-0.2, 0) is 11.3 Å². The summed E-state index contributed by atoms with van der Waals surface area (Å²) >= 11 is 1.81. The number of aliphatic imine (C=N–C) groups is 1. The van der Waals surface area contributed by atoms with Gasteiger partial charge in [-0.25, -0.2) is 0 Å². The Morgan fingerprint density at radius 1 is 1.23 bits per heavy atom. The number of guanidine groups is 1. The Kier molecular flexibility index (Phi) is 9.44. The van der Waals surface area contributed by atoms with Gasteiger partial charge < -0.3 is 19.9 Å². The molecule has 1 aliphatic heterocycles. The number of thiophene rings is 1. The van der Waals surface area contributed by atoms with Gasteiger partial charge in [0.25, 0.3) is 0 Å². The minimum absolute atomic E-state index is 0. The average Bonchev–Trinajstić information content (AvgIpc) is 3.35. The van der Waals surface area contributed by atoms with Crippen molar-refractivity contribution in [2.24, 2.45) is 4.99 Å². The highest BCUT2D eigenvalue weighted by Gasteiger charge is 2.23. The second-order valence-electron chi connectivity index (χ2n) is 5.98. The van der Waals surface area contributed by atoms with E-state index in [9.17, 15) is 0 Å². The molecular weight excluding hydrogens is 461 g/mol. The maximum absolute atomic E-state index is 5.51. The Balaban J connectivity index is 0.00000243. The number of rotatable bonds is 7. The summed E-state index contributed by atoms with van der Waals surface area (Å²) in [5.74, 6) is 0.849. The van der Waals surface area contributed by atoms with Crippen molar-refractivity contribution in [3.8, 4) is 0 Å². The fourth-order valence-electron chi connectivity index (χ4n) is 3.02. The molecule has 8 heteroatoms. The Labute approximate surface area is 176 Å². The van der Waals surface area contributed by atoms with Crippen molar-refractivity contribution in [2.75, 3.05) is 46.4 Å². The largest absolute Gasteiger partial charge is 0.379 e. The molecule has 6 nitrogen and oxygen atoms in total. The van der Waals surface area contributed by atoms with E-state index in [2.05, 4.69) is 55.0 Å². The van der Waals surface area contributed by atoms with Crippen LogP contribution in [0.4, 0.5) is 0 Å². The molecule has 1 aliphatic rings. The molecular formula is C18H28IN5OS. The van der Waals surface area contributed by atoms with Gasteiger partial charge in [0.05, 0.1) is 19.3 Å². The van der Waals surface area contributed by atoms with Crippen molar-refractivity contribution in [3.05, 3.63) is 46.9 Å². The summed E-state index contributed by atoms with van der Waals surface area (Å²) < 4.78 is 7.66. The predicted octanol–water partition coefficient (Wildman–Crippen LogP) is 2.41. The number of morpholine rings is 1. The quantitative estimate of drug-likeness (QED) is 0.357. The van der Waals surface area contributed by atoms with Crippen LogP contribution in [0.5, 0.6) is 0 Å². The third kappa shape index (κ3) is 6.26. The average molecular weight is 489 g/mol. The van der Waals surface area contributed by atoms with Crippen molar-refractivity contribution >= 4 is 41.3 Å². The molecule has 2 aromatic rings. The van der Waals surface area contributed by atoms with Crippen LogP contribution in [0.15, 0.2) is 47.0 Å². The molecule has 3 rings (SSSR count). The van der Waals surface area contributed by atoms with E-state index < -0.39 is 0 Å². The molecule has 3 heterocycles. The molecule has 0 bridgehead atoms. The first-order valence-corrected chi connectivity index (χ1v) is 9.65. The van der Waals surface area contributed by atoms with Gasteiger partial charge in [-0.15, -0.1) is 35.3 Å². The van der Waals surface area contributed by atoms with E-state index >= 15 is 0 Å². The van der Waals surface area contributed by atoms with E-state index in [1.807, 2.05) is 30.5 Å². The first kappa shape index (κ1) is 21.2. The summed E-state index contributed by atoms with van der Waals surface area (Å²) in [6.45, 7) is 6.18. The van der Waals surface area contributed by atoms with Crippen LogP contribution >= 0.6 is 35.3 Å². The molecule has 0 aromatic carbocycles. The Morgan fingerprint density at radius 2 is 2.00 bits per heavy atom. The molecule has 0 saturated carbocycles.